The molecule has 2 fully saturated rings. The third kappa shape index (κ3) is 5.20. The molecule has 2 amide bonds. The van der Waals surface area contributed by atoms with Crippen LogP contribution >= 0.6 is 0 Å². The molecule has 5 nitrogen and oxygen atoms in total. The van der Waals surface area contributed by atoms with Crippen molar-refractivity contribution < 1.29 is 9.59 Å². The molecule has 0 aromatic rings. The van der Waals surface area contributed by atoms with Crippen molar-refractivity contribution in [3.63, 3.8) is 0 Å². The summed E-state index contributed by atoms with van der Waals surface area (Å²) in [6.45, 7) is 12.6. The number of nitrogens with one attached hydrogen (secondary N) is 1. The number of likely N-dealkylation sites (tertiary alicyclic amines) is 2. The van der Waals surface area contributed by atoms with Crippen molar-refractivity contribution in [1.82, 2.24) is 15.1 Å². The van der Waals surface area contributed by atoms with Gasteiger partial charge in [0.1, 0.15) is 0 Å². The first kappa shape index (κ1) is 19.2. The Balaban J connectivity index is 1.87. The molecule has 24 heavy (non-hydrogen) atoms. The van der Waals surface area contributed by atoms with Crippen molar-refractivity contribution in [2.45, 2.75) is 65.8 Å². The van der Waals surface area contributed by atoms with Crippen molar-refractivity contribution in [1.29, 1.82) is 0 Å². The smallest absolute Gasteiger partial charge is 0.227 e. The van der Waals surface area contributed by atoms with E-state index < -0.39 is 0 Å². The van der Waals surface area contributed by atoms with E-state index in [2.05, 4.69) is 17.1 Å². The van der Waals surface area contributed by atoms with E-state index in [0.29, 0.717) is 6.54 Å². The van der Waals surface area contributed by atoms with E-state index in [1.165, 1.54) is 12.8 Å². The number of hydrogen-bond donors (Lipinski definition) is 1. The van der Waals surface area contributed by atoms with E-state index in [-0.39, 0.29) is 29.2 Å². The van der Waals surface area contributed by atoms with Crippen LogP contribution in [-0.4, -0.2) is 60.4 Å². The molecule has 0 bridgehead atoms. The Hall–Kier alpha value is -1.10. The van der Waals surface area contributed by atoms with Crippen LogP contribution < -0.4 is 5.32 Å². The molecule has 2 aliphatic heterocycles. The number of piperidine rings is 1. The first-order valence-electron chi connectivity index (χ1n) is 9.63. The van der Waals surface area contributed by atoms with Crippen molar-refractivity contribution >= 4 is 11.8 Å². The molecule has 2 atom stereocenters. The molecule has 0 unspecified atom stereocenters. The number of amides is 2. The summed E-state index contributed by atoms with van der Waals surface area (Å²) in [5.41, 5.74) is -0.375. The molecule has 2 heterocycles. The lowest BCUT2D eigenvalue weighted by Gasteiger charge is -2.36. The van der Waals surface area contributed by atoms with Gasteiger partial charge in [0.25, 0.3) is 0 Å². The van der Waals surface area contributed by atoms with Gasteiger partial charge in [0.15, 0.2) is 0 Å². The number of carbonyl (C=O) groups excluding carboxylic acids is 2. The van der Waals surface area contributed by atoms with Crippen LogP contribution in [-0.2, 0) is 9.59 Å². The fraction of sp³-hybridized carbons (Fsp3) is 0.895. The number of carbonyl (C=O) groups is 2. The minimum atomic E-state index is -0.375. The standard InChI is InChI=1S/C19H35N3O2/c1-5-16(14-21-10-6-7-11-21)20-17(23)15-9-8-12-22(13-15)18(24)19(2,3)4/h15-16H,5-14H2,1-4H3,(H,20,23)/t15-,16+/m0/s1. The number of hydrogen-bond acceptors (Lipinski definition) is 3. The second kappa shape index (κ2) is 8.32. The normalized spacial score (nSPS) is 24.0. The summed E-state index contributed by atoms with van der Waals surface area (Å²) in [7, 11) is 0. The first-order chi connectivity index (χ1) is 11.3. The Labute approximate surface area is 147 Å². The molecule has 2 rings (SSSR count). The maximum absolute atomic E-state index is 12.7. The van der Waals surface area contributed by atoms with Gasteiger partial charge in [-0.25, -0.2) is 0 Å². The maximum atomic E-state index is 12.7. The minimum absolute atomic E-state index is 0.0577. The zero-order valence-corrected chi connectivity index (χ0v) is 15.9. The van der Waals surface area contributed by atoms with E-state index in [0.717, 1.165) is 45.4 Å². The van der Waals surface area contributed by atoms with Crippen molar-refractivity contribution in [2.24, 2.45) is 11.3 Å². The molecular weight excluding hydrogens is 302 g/mol. The topological polar surface area (TPSA) is 52.7 Å². The minimum Gasteiger partial charge on any atom is -0.352 e. The third-order valence-corrected chi connectivity index (χ3v) is 5.24. The van der Waals surface area contributed by atoms with Crippen LogP contribution in [0.5, 0.6) is 0 Å². The Bertz CT molecular complexity index is 438. The molecule has 0 aromatic heterocycles. The molecule has 2 aliphatic rings. The lowest BCUT2D eigenvalue weighted by Crippen LogP contribution is -2.51. The summed E-state index contributed by atoms with van der Waals surface area (Å²) >= 11 is 0. The summed E-state index contributed by atoms with van der Waals surface area (Å²) in [4.78, 5) is 29.5. The van der Waals surface area contributed by atoms with Crippen molar-refractivity contribution in [3.8, 4) is 0 Å². The van der Waals surface area contributed by atoms with Gasteiger partial charge in [-0.2, -0.15) is 0 Å². The highest BCUT2D eigenvalue weighted by molar-refractivity contribution is 5.84. The van der Waals surface area contributed by atoms with Gasteiger partial charge in [-0.15, -0.1) is 0 Å². The molecule has 1 N–H and O–H groups in total. The average Bonchev–Trinajstić information content (AvgIpc) is 3.05. The van der Waals surface area contributed by atoms with E-state index in [1.54, 1.807) is 0 Å². The molecule has 0 aliphatic carbocycles. The predicted octanol–water partition coefficient (Wildman–Crippen LogP) is 2.26. The fourth-order valence-electron chi connectivity index (χ4n) is 3.72. The SMILES string of the molecule is CC[C@H](CN1CCCC1)NC(=O)[C@H]1CCCN(C(=O)C(C)(C)C)C1. The predicted molar refractivity (Wildman–Crippen MR) is 96.7 cm³/mol. The molecular formula is C19H35N3O2. The van der Waals surface area contributed by atoms with Gasteiger partial charge in [0.05, 0.1) is 5.92 Å². The molecule has 0 radical (unpaired) electrons. The summed E-state index contributed by atoms with van der Waals surface area (Å²) in [6, 6.07) is 0.226. The van der Waals surface area contributed by atoms with Gasteiger partial charge < -0.3 is 15.1 Å². The van der Waals surface area contributed by atoms with Gasteiger partial charge in [0, 0.05) is 31.1 Å². The highest BCUT2D eigenvalue weighted by Crippen LogP contribution is 2.23. The van der Waals surface area contributed by atoms with Gasteiger partial charge in [-0.05, 0) is 45.2 Å². The van der Waals surface area contributed by atoms with E-state index in [4.69, 9.17) is 0 Å². The largest absolute Gasteiger partial charge is 0.352 e. The van der Waals surface area contributed by atoms with Gasteiger partial charge in [0.2, 0.25) is 11.8 Å². The third-order valence-electron chi connectivity index (χ3n) is 5.24. The second-order valence-electron chi connectivity index (χ2n) is 8.46. The van der Waals surface area contributed by atoms with E-state index in [1.807, 2.05) is 25.7 Å². The van der Waals surface area contributed by atoms with Crippen LogP contribution in [0.25, 0.3) is 0 Å². The van der Waals surface area contributed by atoms with Gasteiger partial charge in [-0.3, -0.25) is 9.59 Å². The fourth-order valence-corrected chi connectivity index (χ4v) is 3.72. The Kier molecular flexibility index (Phi) is 6.67. The monoisotopic (exact) mass is 337 g/mol. The zero-order chi connectivity index (χ0) is 17.7. The molecule has 0 aromatic carbocycles. The number of rotatable bonds is 5. The van der Waals surface area contributed by atoms with E-state index in [9.17, 15) is 9.59 Å². The average molecular weight is 338 g/mol. The highest BCUT2D eigenvalue weighted by atomic mass is 16.2. The van der Waals surface area contributed by atoms with Crippen LogP contribution in [0.3, 0.4) is 0 Å². The maximum Gasteiger partial charge on any atom is 0.227 e. The van der Waals surface area contributed by atoms with Crippen LogP contribution in [0.15, 0.2) is 0 Å². The van der Waals surface area contributed by atoms with Gasteiger partial charge in [-0.1, -0.05) is 27.7 Å². The Morgan fingerprint density at radius 1 is 1.12 bits per heavy atom. The summed E-state index contributed by atoms with van der Waals surface area (Å²) in [6.07, 6.45) is 5.32. The molecule has 5 heteroatoms. The lowest BCUT2D eigenvalue weighted by molar-refractivity contribution is -0.142. The van der Waals surface area contributed by atoms with Crippen molar-refractivity contribution in [3.05, 3.63) is 0 Å². The van der Waals surface area contributed by atoms with Crippen LogP contribution in [0, 0.1) is 11.3 Å². The Morgan fingerprint density at radius 2 is 1.79 bits per heavy atom. The van der Waals surface area contributed by atoms with Crippen LogP contribution in [0.1, 0.15) is 59.8 Å². The van der Waals surface area contributed by atoms with Crippen LogP contribution in [0.4, 0.5) is 0 Å². The number of nitrogens with zero attached hydrogens (tertiary/aromatic N) is 2. The van der Waals surface area contributed by atoms with Gasteiger partial charge >= 0.3 is 0 Å². The molecule has 2 saturated heterocycles. The van der Waals surface area contributed by atoms with Crippen LogP contribution in [0.2, 0.25) is 0 Å². The second-order valence-corrected chi connectivity index (χ2v) is 8.46. The quantitative estimate of drug-likeness (QED) is 0.837. The molecule has 138 valence electrons. The molecule has 0 saturated carbocycles. The van der Waals surface area contributed by atoms with E-state index >= 15 is 0 Å². The summed E-state index contributed by atoms with van der Waals surface area (Å²) in [5, 5.41) is 3.24. The first-order valence-corrected chi connectivity index (χ1v) is 9.63. The zero-order valence-electron chi connectivity index (χ0n) is 15.9. The lowest BCUT2D eigenvalue weighted by atomic mass is 9.90. The Morgan fingerprint density at radius 3 is 2.38 bits per heavy atom. The highest BCUT2D eigenvalue weighted by Gasteiger charge is 2.34. The molecule has 0 spiro atoms. The summed E-state index contributed by atoms with van der Waals surface area (Å²) < 4.78 is 0. The summed E-state index contributed by atoms with van der Waals surface area (Å²) in [5.74, 6) is 0.231. The van der Waals surface area contributed by atoms with Crippen molar-refractivity contribution in [2.75, 3.05) is 32.7 Å².